The molecule has 1 aromatic rings. The summed E-state index contributed by atoms with van der Waals surface area (Å²) in [6, 6.07) is 0.717. The van der Waals surface area contributed by atoms with Crippen LogP contribution in [0.5, 0.6) is 0 Å². The number of ether oxygens (including phenoxy) is 1. The number of methoxy groups -OCH3 is 1. The lowest BCUT2D eigenvalue weighted by Gasteiger charge is -2.32. The van der Waals surface area contributed by atoms with Gasteiger partial charge in [0.1, 0.15) is 5.82 Å². The van der Waals surface area contributed by atoms with Gasteiger partial charge in [-0.25, -0.2) is 4.98 Å². The van der Waals surface area contributed by atoms with E-state index in [0.29, 0.717) is 12.1 Å². The number of aromatic nitrogens is 2. The van der Waals surface area contributed by atoms with E-state index in [0.717, 1.165) is 5.82 Å². The molecule has 4 heteroatoms. The molecule has 0 spiro atoms. The Kier molecular flexibility index (Phi) is 3.96. The van der Waals surface area contributed by atoms with Gasteiger partial charge in [0, 0.05) is 25.5 Å². The second-order valence-corrected chi connectivity index (χ2v) is 4.53. The van der Waals surface area contributed by atoms with E-state index in [2.05, 4.69) is 22.2 Å². The maximum Gasteiger partial charge on any atom is 0.122 e. The second kappa shape index (κ2) is 5.46. The summed E-state index contributed by atoms with van der Waals surface area (Å²) in [4.78, 5) is 7.42. The highest BCUT2D eigenvalue weighted by molar-refractivity contribution is 4.96. The molecule has 1 heterocycles. The molecule has 0 aliphatic heterocycles. The molecule has 1 aliphatic carbocycles. The van der Waals surface area contributed by atoms with E-state index in [1.807, 2.05) is 13.3 Å². The van der Waals surface area contributed by atoms with Gasteiger partial charge >= 0.3 is 0 Å². The normalized spacial score (nSPS) is 27.9. The Hall–Kier alpha value is -0.870. The van der Waals surface area contributed by atoms with Gasteiger partial charge in [-0.3, -0.25) is 0 Å². The van der Waals surface area contributed by atoms with Crippen LogP contribution in [-0.4, -0.2) is 29.2 Å². The summed E-state index contributed by atoms with van der Waals surface area (Å²) < 4.78 is 5.53. The predicted molar refractivity (Wildman–Crippen MR) is 63.2 cm³/mol. The molecule has 0 saturated heterocycles. The van der Waals surface area contributed by atoms with Gasteiger partial charge in [-0.05, 0) is 19.8 Å². The molecule has 1 aliphatic rings. The van der Waals surface area contributed by atoms with E-state index in [1.165, 1.54) is 25.7 Å². The molecular formula is C12H21N3O. The first-order valence-corrected chi connectivity index (χ1v) is 6.09. The zero-order chi connectivity index (χ0) is 11.4. The smallest absolute Gasteiger partial charge is 0.122 e. The third-order valence-electron chi connectivity index (χ3n) is 3.40. The highest BCUT2D eigenvalue weighted by Gasteiger charge is 2.26. The fourth-order valence-electron chi connectivity index (χ4n) is 2.48. The van der Waals surface area contributed by atoms with Gasteiger partial charge in [-0.15, -0.1) is 0 Å². The van der Waals surface area contributed by atoms with Crippen molar-refractivity contribution in [1.29, 1.82) is 0 Å². The van der Waals surface area contributed by atoms with Gasteiger partial charge in [0.2, 0.25) is 0 Å². The standard InChI is InChI=1S/C12H21N3O/c1-9(12-13-7-8-14-12)15-10-5-3-4-6-11(10)16-2/h7-11,15H,3-6H2,1-2H3,(H,13,14). The summed E-state index contributed by atoms with van der Waals surface area (Å²) in [6.45, 7) is 2.14. The number of aromatic amines is 1. The van der Waals surface area contributed by atoms with Crippen molar-refractivity contribution in [1.82, 2.24) is 15.3 Å². The van der Waals surface area contributed by atoms with E-state index in [1.54, 1.807) is 6.20 Å². The van der Waals surface area contributed by atoms with Gasteiger partial charge in [0.05, 0.1) is 12.1 Å². The molecule has 1 aromatic heterocycles. The van der Waals surface area contributed by atoms with Crippen LogP contribution in [0.25, 0.3) is 0 Å². The minimum absolute atomic E-state index is 0.260. The minimum atomic E-state index is 0.260. The SMILES string of the molecule is COC1CCCCC1NC(C)c1ncc[nH]1. The van der Waals surface area contributed by atoms with Crippen LogP contribution in [0.2, 0.25) is 0 Å². The van der Waals surface area contributed by atoms with Crippen LogP contribution in [0.1, 0.15) is 44.5 Å². The number of H-pyrrole nitrogens is 1. The van der Waals surface area contributed by atoms with Gasteiger partial charge in [-0.2, -0.15) is 0 Å². The molecule has 3 unspecified atom stereocenters. The Morgan fingerprint density at radius 2 is 2.31 bits per heavy atom. The van der Waals surface area contributed by atoms with Crippen molar-refractivity contribution in [2.75, 3.05) is 7.11 Å². The number of rotatable bonds is 4. The molecule has 3 atom stereocenters. The highest BCUT2D eigenvalue weighted by Crippen LogP contribution is 2.22. The molecule has 90 valence electrons. The molecule has 0 amide bonds. The van der Waals surface area contributed by atoms with Crippen molar-refractivity contribution >= 4 is 0 Å². The van der Waals surface area contributed by atoms with E-state index in [4.69, 9.17) is 4.74 Å². The van der Waals surface area contributed by atoms with Crippen LogP contribution in [0.4, 0.5) is 0 Å². The number of hydrogen-bond donors (Lipinski definition) is 2. The van der Waals surface area contributed by atoms with Crippen LogP contribution in [-0.2, 0) is 4.74 Å². The molecule has 0 radical (unpaired) electrons. The monoisotopic (exact) mass is 223 g/mol. The Labute approximate surface area is 96.8 Å². The molecule has 2 rings (SSSR count). The Bertz CT molecular complexity index is 299. The maximum absolute atomic E-state index is 5.53. The fraction of sp³-hybridized carbons (Fsp3) is 0.750. The number of nitrogens with zero attached hydrogens (tertiary/aromatic N) is 1. The van der Waals surface area contributed by atoms with Gasteiger partial charge in [0.15, 0.2) is 0 Å². The average molecular weight is 223 g/mol. The van der Waals surface area contributed by atoms with Crippen molar-refractivity contribution in [3.8, 4) is 0 Å². The topological polar surface area (TPSA) is 49.9 Å². The van der Waals surface area contributed by atoms with Gasteiger partial charge in [0.25, 0.3) is 0 Å². The van der Waals surface area contributed by atoms with E-state index >= 15 is 0 Å². The molecular weight excluding hydrogens is 202 g/mol. The largest absolute Gasteiger partial charge is 0.380 e. The summed E-state index contributed by atoms with van der Waals surface area (Å²) in [5, 5.41) is 3.60. The molecule has 16 heavy (non-hydrogen) atoms. The molecule has 2 N–H and O–H groups in total. The lowest BCUT2D eigenvalue weighted by atomic mass is 9.92. The quantitative estimate of drug-likeness (QED) is 0.821. The lowest BCUT2D eigenvalue weighted by molar-refractivity contribution is 0.0381. The zero-order valence-corrected chi connectivity index (χ0v) is 10.1. The van der Waals surface area contributed by atoms with E-state index < -0.39 is 0 Å². The molecule has 4 nitrogen and oxygen atoms in total. The zero-order valence-electron chi connectivity index (χ0n) is 10.1. The van der Waals surface area contributed by atoms with Gasteiger partial charge in [-0.1, -0.05) is 12.8 Å². The summed E-state index contributed by atoms with van der Waals surface area (Å²) in [7, 11) is 1.81. The average Bonchev–Trinajstić information content (AvgIpc) is 2.83. The van der Waals surface area contributed by atoms with Crippen LogP contribution in [0, 0.1) is 0 Å². The summed E-state index contributed by atoms with van der Waals surface area (Å²) in [6.07, 6.45) is 8.95. The maximum atomic E-state index is 5.53. The van der Waals surface area contributed by atoms with Crippen LogP contribution in [0.3, 0.4) is 0 Å². The number of imidazole rings is 1. The first-order valence-electron chi connectivity index (χ1n) is 6.09. The van der Waals surface area contributed by atoms with Crippen molar-refractivity contribution < 1.29 is 4.74 Å². The third-order valence-corrected chi connectivity index (χ3v) is 3.40. The van der Waals surface area contributed by atoms with E-state index in [9.17, 15) is 0 Å². The van der Waals surface area contributed by atoms with Crippen molar-refractivity contribution in [2.45, 2.75) is 50.8 Å². The third kappa shape index (κ3) is 2.62. The summed E-state index contributed by atoms with van der Waals surface area (Å²) >= 11 is 0. The highest BCUT2D eigenvalue weighted by atomic mass is 16.5. The van der Waals surface area contributed by atoms with Crippen molar-refractivity contribution in [2.24, 2.45) is 0 Å². The van der Waals surface area contributed by atoms with Crippen LogP contribution in [0.15, 0.2) is 12.4 Å². The van der Waals surface area contributed by atoms with Crippen LogP contribution < -0.4 is 5.32 Å². The first-order chi connectivity index (χ1) is 7.81. The fourth-order valence-corrected chi connectivity index (χ4v) is 2.48. The minimum Gasteiger partial charge on any atom is -0.380 e. The number of nitrogens with one attached hydrogen (secondary N) is 2. The Morgan fingerprint density at radius 3 is 3.00 bits per heavy atom. The first kappa shape index (κ1) is 11.6. The summed E-state index contributed by atoms with van der Waals surface area (Å²) in [5.41, 5.74) is 0. The van der Waals surface area contributed by atoms with Gasteiger partial charge < -0.3 is 15.0 Å². The predicted octanol–water partition coefficient (Wildman–Crippen LogP) is 2.02. The number of hydrogen-bond acceptors (Lipinski definition) is 3. The molecule has 0 bridgehead atoms. The Morgan fingerprint density at radius 1 is 1.50 bits per heavy atom. The van der Waals surface area contributed by atoms with Crippen molar-refractivity contribution in [3.05, 3.63) is 18.2 Å². The molecule has 1 saturated carbocycles. The summed E-state index contributed by atoms with van der Waals surface area (Å²) in [5.74, 6) is 1.00. The molecule has 1 fully saturated rings. The van der Waals surface area contributed by atoms with Crippen LogP contribution >= 0.6 is 0 Å². The lowest BCUT2D eigenvalue weighted by Crippen LogP contribution is -2.44. The second-order valence-electron chi connectivity index (χ2n) is 4.53. The molecule has 0 aromatic carbocycles. The Balaban J connectivity index is 1.92. The van der Waals surface area contributed by atoms with E-state index in [-0.39, 0.29) is 6.04 Å². The van der Waals surface area contributed by atoms with Crippen molar-refractivity contribution in [3.63, 3.8) is 0 Å².